The fourth-order valence-corrected chi connectivity index (χ4v) is 4.56. The van der Waals surface area contributed by atoms with Gasteiger partial charge < -0.3 is 69.7 Å². The highest BCUT2D eigenvalue weighted by Crippen LogP contribution is 2.40. The molecule has 4 aromatic rings. The SMILES string of the molecule is O=C(O[C@@H]1[C@H](O)[C@@H](O)[C@@H](Oc2c(-c3ccc(O)c(O)c3)oc3cc(O)cc(O)c3c2=O)O[C@@H]1CO)c1cc(O)c(O)c(O)c1. The molecule has 0 radical (unpaired) electrons. The predicted octanol–water partition coefficient (Wildman–Crippen LogP) is 0.443. The Morgan fingerprint density at radius 3 is 2.14 bits per heavy atom. The number of carbonyl (C=O) groups is 1. The van der Waals surface area contributed by atoms with E-state index in [-0.39, 0.29) is 11.1 Å². The Bertz CT molecular complexity index is 1790. The van der Waals surface area contributed by atoms with Crippen LogP contribution in [0.4, 0.5) is 0 Å². The van der Waals surface area contributed by atoms with Gasteiger partial charge in [-0.15, -0.1) is 0 Å². The maximum atomic E-state index is 13.5. The number of phenolic OH excluding ortho intramolecular Hbond substituents is 7. The highest BCUT2D eigenvalue weighted by molar-refractivity contribution is 5.91. The van der Waals surface area contributed by atoms with Crippen molar-refractivity contribution in [1.82, 2.24) is 0 Å². The molecule has 10 N–H and O–H groups in total. The molecule has 0 spiro atoms. The van der Waals surface area contributed by atoms with Crippen molar-refractivity contribution in [3.63, 3.8) is 0 Å². The summed E-state index contributed by atoms with van der Waals surface area (Å²) in [6.07, 6.45) is -9.44. The first-order valence-electron chi connectivity index (χ1n) is 12.6. The lowest BCUT2D eigenvalue weighted by atomic mass is 9.98. The lowest BCUT2D eigenvalue weighted by molar-refractivity contribution is -0.277. The topological polar surface area (TPSA) is 277 Å². The number of phenols is 7. The van der Waals surface area contributed by atoms with Crippen LogP contribution in [0.5, 0.6) is 46.0 Å². The monoisotopic (exact) mass is 616 g/mol. The fourth-order valence-electron chi connectivity index (χ4n) is 4.56. The quantitative estimate of drug-likeness (QED) is 0.104. The van der Waals surface area contributed by atoms with Gasteiger partial charge >= 0.3 is 5.97 Å². The van der Waals surface area contributed by atoms with E-state index in [1.54, 1.807) is 0 Å². The zero-order valence-corrected chi connectivity index (χ0v) is 22.1. The number of esters is 1. The number of aliphatic hydroxyl groups excluding tert-OH is 3. The Morgan fingerprint density at radius 2 is 1.50 bits per heavy atom. The number of aliphatic hydroxyl groups is 3. The van der Waals surface area contributed by atoms with Crippen LogP contribution in [-0.2, 0) is 9.47 Å². The van der Waals surface area contributed by atoms with Gasteiger partial charge in [-0.05, 0) is 30.3 Å². The Labute approximate surface area is 244 Å². The van der Waals surface area contributed by atoms with Crippen molar-refractivity contribution in [1.29, 1.82) is 0 Å². The van der Waals surface area contributed by atoms with Crippen molar-refractivity contribution in [2.45, 2.75) is 30.7 Å². The molecular formula is C28H24O16. The van der Waals surface area contributed by atoms with Crippen LogP contribution in [0.1, 0.15) is 10.4 Å². The molecule has 0 unspecified atom stereocenters. The van der Waals surface area contributed by atoms with Crippen LogP contribution in [0.3, 0.4) is 0 Å². The maximum absolute atomic E-state index is 13.5. The standard InChI is InChI=1S/C28H24O16/c29-8-18-25(43-27(40)10-4-15(34)20(36)16(35)5-10)22(38)23(39)28(42-18)44-26-21(37)19-14(33)6-11(30)7-17(19)41-24(26)9-1-2-12(31)13(32)3-9/h1-7,18,22-23,25,28-36,38-39H,8H2/t18-,22-,23-,25+,28-/m1/s1. The summed E-state index contributed by atoms with van der Waals surface area (Å²) in [6, 6.07) is 6.62. The van der Waals surface area contributed by atoms with Gasteiger partial charge in [-0.25, -0.2) is 4.79 Å². The summed E-state index contributed by atoms with van der Waals surface area (Å²) in [4.78, 5) is 26.2. The van der Waals surface area contributed by atoms with E-state index in [1.165, 1.54) is 6.07 Å². The van der Waals surface area contributed by atoms with Gasteiger partial charge in [0.1, 0.15) is 40.8 Å². The molecule has 0 saturated carbocycles. The Hall–Kier alpha value is -5.42. The van der Waals surface area contributed by atoms with E-state index in [2.05, 4.69) is 0 Å². The second-order valence-corrected chi connectivity index (χ2v) is 9.69. The van der Waals surface area contributed by atoms with Crippen LogP contribution in [0.15, 0.2) is 51.7 Å². The summed E-state index contributed by atoms with van der Waals surface area (Å²) in [5.41, 5.74) is -1.92. The van der Waals surface area contributed by atoms with Crippen molar-refractivity contribution >= 4 is 16.9 Å². The molecule has 2 heterocycles. The summed E-state index contributed by atoms with van der Waals surface area (Å²) in [7, 11) is 0. The van der Waals surface area contributed by atoms with Crippen molar-refractivity contribution < 1.29 is 74.5 Å². The minimum atomic E-state index is -2.08. The normalized spacial score (nSPS) is 21.7. The lowest BCUT2D eigenvalue weighted by Crippen LogP contribution is -2.61. The largest absolute Gasteiger partial charge is 0.508 e. The molecule has 44 heavy (non-hydrogen) atoms. The molecule has 0 amide bonds. The van der Waals surface area contributed by atoms with Gasteiger partial charge in [0.15, 0.2) is 40.6 Å². The second kappa shape index (κ2) is 11.3. The van der Waals surface area contributed by atoms with Crippen LogP contribution >= 0.6 is 0 Å². The Balaban J connectivity index is 1.51. The zero-order valence-electron chi connectivity index (χ0n) is 22.1. The number of fused-ring (bicyclic) bond motifs is 1. The molecule has 1 aliphatic heterocycles. The van der Waals surface area contributed by atoms with Gasteiger partial charge in [-0.3, -0.25) is 4.79 Å². The van der Waals surface area contributed by atoms with Gasteiger partial charge in [0, 0.05) is 17.7 Å². The first-order chi connectivity index (χ1) is 20.8. The third kappa shape index (κ3) is 5.29. The van der Waals surface area contributed by atoms with Gasteiger partial charge in [-0.2, -0.15) is 0 Å². The van der Waals surface area contributed by atoms with E-state index >= 15 is 0 Å². The first kappa shape index (κ1) is 30.1. The first-order valence-corrected chi connectivity index (χ1v) is 12.6. The fraction of sp³-hybridized carbons (Fsp3) is 0.214. The van der Waals surface area contributed by atoms with Crippen LogP contribution in [0.25, 0.3) is 22.3 Å². The van der Waals surface area contributed by atoms with Gasteiger partial charge in [0.05, 0.1) is 12.2 Å². The zero-order chi connectivity index (χ0) is 32.0. The molecule has 16 nitrogen and oxygen atoms in total. The van der Waals surface area contributed by atoms with Gasteiger partial charge in [0.25, 0.3) is 0 Å². The number of ether oxygens (including phenoxy) is 3. The second-order valence-electron chi connectivity index (χ2n) is 9.69. The molecule has 16 heteroatoms. The predicted molar refractivity (Wildman–Crippen MR) is 144 cm³/mol. The number of rotatable bonds is 6. The molecular weight excluding hydrogens is 592 g/mol. The molecule has 1 aromatic heterocycles. The Morgan fingerprint density at radius 1 is 0.818 bits per heavy atom. The summed E-state index contributed by atoms with van der Waals surface area (Å²) >= 11 is 0. The molecule has 0 bridgehead atoms. The van der Waals surface area contributed by atoms with Crippen LogP contribution in [-0.4, -0.2) is 94.3 Å². The smallest absolute Gasteiger partial charge is 0.338 e. The molecule has 5 rings (SSSR count). The molecule has 5 atom stereocenters. The van der Waals surface area contributed by atoms with Gasteiger partial charge in [-0.1, -0.05) is 0 Å². The number of carbonyl (C=O) groups excluding carboxylic acids is 1. The molecule has 3 aromatic carbocycles. The number of hydrogen-bond donors (Lipinski definition) is 10. The molecule has 1 aliphatic rings. The summed E-state index contributed by atoms with van der Waals surface area (Å²) < 4.78 is 22.0. The molecule has 232 valence electrons. The van der Waals surface area contributed by atoms with Crippen molar-refractivity contribution in [2.24, 2.45) is 0 Å². The maximum Gasteiger partial charge on any atom is 0.338 e. The third-order valence-electron chi connectivity index (χ3n) is 6.76. The molecule has 0 aliphatic carbocycles. The van der Waals surface area contributed by atoms with E-state index in [0.717, 1.165) is 36.4 Å². The van der Waals surface area contributed by atoms with Crippen LogP contribution in [0, 0.1) is 0 Å². The van der Waals surface area contributed by atoms with E-state index in [9.17, 15) is 60.7 Å². The minimum absolute atomic E-state index is 0.0612. The highest BCUT2D eigenvalue weighted by atomic mass is 16.7. The lowest BCUT2D eigenvalue weighted by Gasteiger charge is -2.41. The third-order valence-corrected chi connectivity index (χ3v) is 6.76. The Kier molecular flexibility index (Phi) is 7.75. The van der Waals surface area contributed by atoms with E-state index in [4.69, 9.17) is 18.6 Å². The van der Waals surface area contributed by atoms with Gasteiger partial charge in [0.2, 0.25) is 17.5 Å². The van der Waals surface area contributed by atoms with E-state index in [1.807, 2.05) is 0 Å². The number of benzene rings is 3. The number of aromatic hydroxyl groups is 7. The van der Waals surface area contributed by atoms with Crippen LogP contribution in [0.2, 0.25) is 0 Å². The average molecular weight is 616 g/mol. The van der Waals surface area contributed by atoms with Crippen molar-refractivity contribution in [3.05, 3.63) is 58.3 Å². The van der Waals surface area contributed by atoms with Crippen molar-refractivity contribution in [3.8, 4) is 57.3 Å². The molecule has 1 saturated heterocycles. The summed E-state index contributed by atoms with van der Waals surface area (Å²) in [5, 5.41) is 100.0. The highest BCUT2D eigenvalue weighted by Gasteiger charge is 2.48. The average Bonchev–Trinajstić information content (AvgIpc) is 2.97. The van der Waals surface area contributed by atoms with Crippen molar-refractivity contribution in [2.75, 3.05) is 6.61 Å². The summed E-state index contributed by atoms with van der Waals surface area (Å²) in [5.74, 6) is -7.40. The summed E-state index contributed by atoms with van der Waals surface area (Å²) in [6.45, 7) is -0.932. The van der Waals surface area contributed by atoms with E-state index < -0.39 is 111 Å². The molecule has 1 fully saturated rings. The number of hydrogen-bond acceptors (Lipinski definition) is 16. The minimum Gasteiger partial charge on any atom is -0.508 e. The van der Waals surface area contributed by atoms with Crippen LogP contribution < -0.4 is 10.2 Å². The van der Waals surface area contributed by atoms with E-state index in [0.29, 0.717) is 0 Å².